The average molecular weight is 598 g/mol. The van der Waals surface area contributed by atoms with Crippen molar-refractivity contribution in [2.75, 3.05) is 13.7 Å². The topological polar surface area (TPSA) is 89.3 Å². The van der Waals surface area contributed by atoms with Crippen molar-refractivity contribution in [1.82, 2.24) is 0 Å². The van der Waals surface area contributed by atoms with Crippen LogP contribution in [0.2, 0.25) is 36.3 Å². The van der Waals surface area contributed by atoms with Gasteiger partial charge in [-0.05, 0) is 53.7 Å². The van der Waals surface area contributed by atoms with Gasteiger partial charge in [-0.3, -0.25) is 10.1 Å². The molecule has 0 N–H and O–H groups in total. The van der Waals surface area contributed by atoms with E-state index in [0.717, 1.165) is 5.56 Å². The molecule has 1 fully saturated rings. The molecule has 40 heavy (non-hydrogen) atoms. The summed E-state index contributed by atoms with van der Waals surface area (Å²) in [5.74, 6) is 0.757. The lowest BCUT2D eigenvalue weighted by Gasteiger charge is -2.49. The van der Waals surface area contributed by atoms with Crippen LogP contribution < -0.4 is 0 Å². The molecular formula is C30H55NO7Si2. The lowest BCUT2D eigenvalue weighted by atomic mass is 9.97. The maximum atomic E-state index is 12.6. The van der Waals surface area contributed by atoms with Crippen LogP contribution in [0.15, 0.2) is 30.3 Å². The number of benzene rings is 1. The highest BCUT2D eigenvalue weighted by atomic mass is 28.4. The van der Waals surface area contributed by atoms with Gasteiger partial charge in [0.05, 0.1) is 13.2 Å². The number of rotatable bonds is 14. The molecule has 0 amide bonds. The van der Waals surface area contributed by atoms with Gasteiger partial charge in [0.1, 0.15) is 18.3 Å². The van der Waals surface area contributed by atoms with Crippen molar-refractivity contribution in [3.8, 4) is 0 Å². The summed E-state index contributed by atoms with van der Waals surface area (Å²) in [6.45, 7) is 26.9. The van der Waals surface area contributed by atoms with Crippen LogP contribution in [0.25, 0.3) is 0 Å². The van der Waals surface area contributed by atoms with E-state index in [9.17, 15) is 10.1 Å². The quantitative estimate of drug-likeness (QED) is 0.127. The lowest BCUT2D eigenvalue weighted by Crippen LogP contribution is -2.66. The van der Waals surface area contributed by atoms with Gasteiger partial charge in [0.25, 0.3) is 6.04 Å². The number of hydrogen-bond donors (Lipinski definition) is 0. The fourth-order valence-corrected chi connectivity index (χ4v) is 9.90. The maximum Gasteiger partial charge on any atom is 0.290 e. The molecule has 8 nitrogen and oxygen atoms in total. The van der Waals surface area contributed by atoms with E-state index in [0.29, 0.717) is 11.8 Å². The van der Waals surface area contributed by atoms with Gasteiger partial charge in [-0.25, -0.2) is 0 Å². The molecule has 0 radical (unpaired) electrons. The molecule has 0 aliphatic carbocycles. The van der Waals surface area contributed by atoms with Gasteiger partial charge in [0.15, 0.2) is 16.6 Å². The minimum Gasteiger partial charge on any atom is -0.414 e. The molecule has 0 unspecified atom stereocenters. The van der Waals surface area contributed by atoms with Crippen LogP contribution in [0.3, 0.4) is 0 Å². The van der Waals surface area contributed by atoms with Crippen molar-refractivity contribution in [2.24, 2.45) is 11.8 Å². The average Bonchev–Trinajstić information content (AvgIpc) is 2.86. The second kappa shape index (κ2) is 13.4. The van der Waals surface area contributed by atoms with Crippen molar-refractivity contribution < 1.29 is 28.0 Å². The number of nitrogens with zero attached hydrogens (tertiary/aromatic N) is 1. The molecule has 1 aromatic carbocycles. The SMILES string of the molecule is CO[C@@H]1O[C@H](CO[Si](C)(C)C(C)(C)C(C)C)[C@H](OCc2ccccc2)[C@H](O[Si](C)(C)C(C)(C)C(C)C)[C@H]1[N+](=O)[O-]. The third kappa shape index (κ3) is 7.62. The summed E-state index contributed by atoms with van der Waals surface area (Å²) in [4.78, 5) is 12.2. The van der Waals surface area contributed by atoms with E-state index in [2.05, 4.69) is 81.6 Å². The standard InChI is InChI=1S/C30H55NO7Si2/c1-21(2)29(5,6)39(10,11)36-20-24-26(35-19-23-17-15-14-16-18-23)27(25(31(32)33)28(34-9)37-24)38-40(12,13)30(7,8)22(3)4/h14-18,21-22,24-28H,19-20H2,1-13H3/t24-,25-,26+,27-,28-/m1/s1. The number of ether oxygens (including phenoxy) is 3. The van der Waals surface area contributed by atoms with Crippen LogP contribution in [0.5, 0.6) is 0 Å². The van der Waals surface area contributed by atoms with Gasteiger partial charge in [0, 0.05) is 12.0 Å². The highest BCUT2D eigenvalue weighted by Crippen LogP contribution is 2.47. The van der Waals surface area contributed by atoms with Gasteiger partial charge in [-0.15, -0.1) is 0 Å². The molecule has 1 aromatic rings. The van der Waals surface area contributed by atoms with E-state index >= 15 is 0 Å². The van der Waals surface area contributed by atoms with Gasteiger partial charge < -0.3 is 23.1 Å². The molecule has 2 rings (SSSR count). The van der Waals surface area contributed by atoms with Crippen LogP contribution in [0, 0.1) is 22.0 Å². The first kappa shape index (κ1) is 35.1. The van der Waals surface area contributed by atoms with Gasteiger partial charge in [0.2, 0.25) is 6.29 Å². The second-order valence-corrected chi connectivity index (χ2v) is 23.1. The van der Waals surface area contributed by atoms with E-state index in [1.165, 1.54) is 7.11 Å². The summed E-state index contributed by atoms with van der Waals surface area (Å²) in [5, 5.41) is 12.4. The third-order valence-electron chi connectivity index (χ3n) is 10.4. The Balaban J connectivity index is 2.54. The summed E-state index contributed by atoms with van der Waals surface area (Å²) < 4.78 is 32.1. The fraction of sp³-hybridized carbons (Fsp3) is 0.800. The van der Waals surface area contributed by atoms with Crippen molar-refractivity contribution in [1.29, 1.82) is 0 Å². The lowest BCUT2D eigenvalue weighted by molar-refractivity contribution is -0.573. The largest absolute Gasteiger partial charge is 0.414 e. The van der Waals surface area contributed by atoms with Gasteiger partial charge in [-0.1, -0.05) is 85.7 Å². The molecule has 10 heteroatoms. The molecule has 230 valence electrons. The van der Waals surface area contributed by atoms with Crippen molar-refractivity contribution >= 4 is 16.6 Å². The zero-order chi connectivity index (χ0) is 30.7. The van der Waals surface area contributed by atoms with Crippen LogP contribution in [0.4, 0.5) is 0 Å². The van der Waals surface area contributed by atoms with Crippen molar-refractivity contribution in [3.05, 3.63) is 46.0 Å². The first-order chi connectivity index (χ1) is 18.3. The Labute approximate surface area is 244 Å². The van der Waals surface area contributed by atoms with E-state index in [1.807, 2.05) is 30.3 Å². The van der Waals surface area contributed by atoms with E-state index in [1.54, 1.807) is 0 Å². The minimum absolute atomic E-state index is 0.00180. The Hall–Kier alpha value is -1.15. The van der Waals surface area contributed by atoms with Crippen molar-refractivity contribution in [2.45, 2.75) is 129 Å². The Morgan fingerprint density at radius 3 is 1.93 bits per heavy atom. The van der Waals surface area contributed by atoms with Gasteiger partial charge in [-0.2, -0.15) is 0 Å². The normalized spacial score (nSPS) is 25.0. The van der Waals surface area contributed by atoms with Crippen LogP contribution in [-0.2, 0) is 29.7 Å². The van der Waals surface area contributed by atoms with E-state index < -0.39 is 47.3 Å². The molecule has 0 saturated carbocycles. The predicted molar refractivity (Wildman–Crippen MR) is 165 cm³/mol. The predicted octanol–water partition coefficient (Wildman–Crippen LogP) is 7.27. The van der Waals surface area contributed by atoms with Crippen molar-refractivity contribution in [3.63, 3.8) is 0 Å². The Kier molecular flexibility index (Phi) is 11.8. The maximum absolute atomic E-state index is 12.6. The highest BCUT2D eigenvalue weighted by molar-refractivity contribution is 6.74. The molecule has 1 heterocycles. The number of nitro groups is 1. The molecule has 0 aromatic heterocycles. The van der Waals surface area contributed by atoms with E-state index in [4.69, 9.17) is 23.1 Å². The van der Waals surface area contributed by atoms with Crippen LogP contribution >= 0.6 is 0 Å². The summed E-state index contributed by atoms with van der Waals surface area (Å²) in [7, 11) is -3.30. The van der Waals surface area contributed by atoms with Crippen LogP contribution in [-0.4, -0.2) is 65.9 Å². The first-order valence-corrected chi connectivity index (χ1v) is 20.4. The zero-order valence-electron chi connectivity index (χ0n) is 27.1. The minimum atomic E-state index is -2.52. The summed E-state index contributed by atoms with van der Waals surface area (Å²) >= 11 is 0. The monoisotopic (exact) mass is 597 g/mol. The molecule has 0 bridgehead atoms. The summed E-state index contributed by atoms with van der Waals surface area (Å²) in [5.41, 5.74) is 0.974. The second-order valence-electron chi connectivity index (χ2n) is 14.0. The Bertz CT molecular complexity index is 953. The Morgan fingerprint density at radius 1 is 0.925 bits per heavy atom. The number of hydrogen-bond acceptors (Lipinski definition) is 7. The highest BCUT2D eigenvalue weighted by Gasteiger charge is 2.58. The molecule has 0 spiro atoms. The summed E-state index contributed by atoms with van der Waals surface area (Å²) in [6, 6.07) is 8.58. The zero-order valence-corrected chi connectivity index (χ0v) is 29.1. The molecule has 1 aliphatic heterocycles. The smallest absolute Gasteiger partial charge is 0.290 e. The number of methoxy groups -OCH3 is 1. The molecule has 5 atom stereocenters. The summed E-state index contributed by atoms with van der Waals surface area (Å²) in [6.07, 6.45) is -3.27. The molecular weight excluding hydrogens is 543 g/mol. The molecule has 1 aliphatic rings. The Morgan fingerprint density at radius 2 is 1.45 bits per heavy atom. The third-order valence-corrected chi connectivity index (χ3v) is 19.5. The van der Waals surface area contributed by atoms with Gasteiger partial charge >= 0.3 is 0 Å². The van der Waals surface area contributed by atoms with E-state index in [-0.39, 0.29) is 28.2 Å². The van der Waals surface area contributed by atoms with Crippen LogP contribution in [0.1, 0.15) is 61.0 Å². The fourth-order valence-electron chi connectivity index (χ4n) is 4.90. The first-order valence-electron chi connectivity index (χ1n) is 14.6. The molecule has 1 saturated heterocycles.